The van der Waals surface area contributed by atoms with Gasteiger partial charge in [0.2, 0.25) is 5.91 Å². The van der Waals surface area contributed by atoms with Crippen molar-refractivity contribution in [3.8, 4) is 5.75 Å². The van der Waals surface area contributed by atoms with E-state index in [1.165, 1.54) is 23.9 Å². The molecule has 7 nitrogen and oxygen atoms in total. The summed E-state index contributed by atoms with van der Waals surface area (Å²) in [6.07, 6.45) is 1.56. The molecule has 164 valence electrons. The first-order valence-corrected chi connectivity index (χ1v) is 11.7. The highest BCUT2D eigenvalue weighted by Crippen LogP contribution is 2.23. The number of nitro groups is 1. The molecule has 0 saturated carbocycles. The maximum absolute atomic E-state index is 11.9. The second-order valence-electron chi connectivity index (χ2n) is 6.44. The minimum Gasteiger partial charge on any atom is -0.488 e. The van der Waals surface area contributed by atoms with Crippen LogP contribution in [0.2, 0.25) is 5.02 Å². The van der Waals surface area contributed by atoms with E-state index in [9.17, 15) is 14.9 Å². The number of ether oxygens (including phenoxy) is 1. The lowest BCUT2D eigenvalue weighted by Gasteiger charge is -2.09. The van der Waals surface area contributed by atoms with E-state index < -0.39 is 4.92 Å². The van der Waals surface area contributed by atoms with E-state index >= 15 is 0 Å². The second-order valence-corrected chi connectivity index (χ2v) is 9.09. The molecule has 0 spiro atoms. The van der Waals surface area contributed by atoms with E-state index in [1.54, 1.807) is 30.5 Å². The Bertz CT molecular complexity index is 1130. The van der Waals surface area contributed by atoms with Crippen LogP contribution in [0.15, 0.2) is 76.7 Å². The molecule has 0 aliphatic heterocycles. The smallest absolute Gasteiger partial charge is 0.269 e. The number of thioether (sulfide) groups is 1. The van der Waals surface area contributed by atoms with Gasteiger partial charge in [0.05, 0.1) is 20.5 Å². The van der Waals surface area contributed by atoms with Crippen LogP contribution in [-0.2, 0) is 11.4 Å². The monoisotopic (exact) mass is 581 g/mol. The van der Waals surface area contributed by atoms with Crippen LogP contribution in [0.3, 0.4) is 0 Å². The fourth-order valence-corrected chi connectivity index (χ4v) is 3.99. The number of hydrogen-bond donors (Lipinski definition) is 1. The van der Waals surface area contributed by atoms with Gasteiger partial charge in [0, 0.05) is 22.1 Å². The molecule has 0 fully saturated rings. The highest BCUT2D eigenvalue weighted by atomic mass is 127. The first-order valence-electron chi connectivity index (χ1n) is 9.26. The van der Waals surface area contributed by atoms with Crippen molar-refractivity contribution in [2.75, 3.05) is 5.75 Å². The first-order chi connectivity index (χ1) is 15.4. The third kappa shape index (κ3) is 7.50. The topological polar surface area (TPSA) is 93.8 Å². The van der Waals surface area contributed by atoms with Gasteiger partial charge in [0.25, 0.3) is 5.69 Å². The number of hydrogen-bond acceptors (Lipinski definition) is 6. The third-order valence-corrected chi connectivity index (χ3v) is 6.19. The average Bonchev–Trinajstić information content (AvgIpc) is 2.78. The first kappa shape index (κ1) is 24.0. The van der Waals surface area contributed by atoms with Crippen molar-refractivity contribution in [2.24, 2.45) is 5.10 Å². The van der Waals surface area contributed by atoms with Crippen LogP contribution >= 0.6 is 46.0 Å². The molecule has 0 unspecified atom stereocenters. The molecule has 3 aromatic carbocycles. The molecule has 0 bridgehead atoms. The number of nitrogens with one attached hydrogen (secondary N) is 1. The Labute approximate surface area is 207 Å². The molecule has 0 saturated heterocycles. The Morgan fingerprint density at radius 3 is 2.53 bits per heavy atom. The van der Waals surface area contributed by atoms with E-state index in [0.717, 1.165) is 19.6 Å². The number of carbonyl (C=O) groups is 1. The Balaban J connectivity index is 1.47. The number of benzene rings is 3. The van der Waals surface area contributed by atoms with Gasteiger partial charge in [-0.15, -0.1) is 11.8 Å². The van der Waals surface area contributed by atoms with E-state index in [1.807, 2.05) is 30.3 Å². The SMILES string of the molecule is O=C(CSc1ccc(Cl)cc1)N/N=C\c1ccc(OCc2ccc([N+](=O)[O-])cc2)c(I)c1. The standard InChI is InChI=1S/C22H17ClIN3O4S/c23-17-4-8-19(9-5-17)32-14-22(28)26-25-12-16-3-10-21(20(24)11-16)31-13-15-1-6-18(7-2-15)27(29)30/h1-12H,13-14H2,(H,26,28)/b25-12-. The number of non-ortho nitro benzene ring substituents is 1. The number of nitrogens with zero attached hydrogens (tertiary/aromatic N) is 2. The molecule has 0 atom stereocenters. The van der Waals surface area contributed by atoms with Crippen molar-refractivity contribution in [1.29, 1.82) is 0 Å². The van der Waals surface area contributed by atoms with Gasteiger partial charge < -0.3 is 4.74 Å². The van der Waals surface area contributed by atoms with Crippen molar-refractivity contribution in [2.45, 2.75) is 11.5 Å². The summed E-state index contributed by atoms with van der Waals surface area (Å²) in [7, 11) is 0. The van der Waals surface area contributed by atoms with E-state index in [4.69, 9.17) is 16.3 Å². The molecule has 0 aliphatic rings. The Kier molecular flexibility index (Phi) is 8.89. The summed E-state index contributed by atoms with van der Waals surface area (Å²) in [4.78, 5) is 23.2. The lowest BCUT2D eigenvalue weighted by molar-refractivity contribution is -0.384. The number of amides is 1. The highest BCUT2D eigenvalue weighted by molar-refractivity contribution is 14.1. The molecule has 0 heterocycles. The predicted molar refractivity (Wildman–Crippen MR) is 135 cm³/mol. The normalized spacial score (nSPS) is 10.8. The summed E-state index contributed by atoms with van der Waals surface area (Å²) in [5, 5.41) is 15.4. The van der Waals surface area contributed by atoms with Gasteiger partial charge in [-0.2, -0.15) is 5.10 Å². The van der Waals surface area contributed by atoms with Crippen LogP contribution in [0.1, 0.15) is 11.1 Å². The summed E-state index contributed by atoms with van der Waals surface area (Å²) >= 11 is 9.40. The molecule has 3 aromatic rings. The quantitative estimate of drug-likeness (QED) is 0.115. The van der Waals surface area contributed by atoms with Crippen LogP contribution in [0.5, 0.6) is 5.75 Å². The van der Waals surface area contributed by atoms with Gasteiger partial charge >= 0.3 is 0 Å². The van der Waals surface area contributed by atoms with Gasteiger partial charge in [0.15, 0.2) is 0 Å². The van der Waals surface area contributed by atoms with Gasteiger partial charge in [-0.1, -0.05) is 11.6 Å². The number of hydrazone groups is 1. The summed E-state index contributed by atoms with van der Waals surface area (Å²) in [6.45, 7) is 0.294. The summed E-state index contributed by atoms with van der Waals surface area (Å²) in [5.74, 6) is 0.717. The van der Waals surface area contributed by atoms with E-state index in [2.05, 4.69) is 33.1 Å². The van der Waals surface area contributed by atoms with Gasteiger partial charge in [-0.05, 0) is 88.3 Å². The Morgan fingerprint density at radius 1 is 1.16 bits per heavy atom. The van der Waals surface area contributed by atoms with Crippen molar-refractivity contribution >= 4 is 63.8 Å². The molecule has 0 aliphatic carbocycles. The van der Waals surface area contributed by atoms with Gasteiger partial charge in [0.1, 0.15) is 12.4 Å². The fourth-order valence-electron chi connectivity index (χ4n) is 2.48. The highest BCUT2D eigenvalue weighted by Gasteiger charge is 2.06. The molecule has 10 heteroatoms. The zero-order chi connectivity index (χ0) is 22.9. The summed E-state index contributed by atoms with van der Waals surface area (Å²) < 4.78 is 6.67. The Hall–Kier alpha value is -2.63. The molecule has 1 amide bonds. The zero-order valence-electron chi connectivity index (χ0n) is 16.5. The molecule has 0 radical (unpaired) electrons. The molecular weight excluding hydrogens is 565 g/mol. The third-order valence-electron chi connectivity index (χ3n) is 4.08. The van der Waals surface area contributed by atoms with Crippen LogP contribution in [0.25, 0.3) is 0 Å². The maximum atomic E-state index is 11.9. The minimum atomic E-state index is -0.436. The van der Waals surface area contributed by atoms with Gasteiger partial charge in [-0.25, -0.2) is 5.43 Å². The molecular formula is C22H17ClIN3O4S. The summed E-state index contributed by atoms with van der Waals surface area (Å²) in [6, 6.07) is 19.0. The van der Waals surface area contributed by atoms with Crippen molar-refractivity contribution in [1.82, 2.24) is 5.43 Å². The minimum absolute atomic E-state index is 0.0441. The fraction of sp³-hybridized carbons (Fsp3) is 0.0909. The largest absolute Gasteiger partial charge is 0.488 e. The lowest BCUT2D eigenvalue weighted by Crippen LogP contribution is -2.19. The second kappa shape index (κ2) is 11.8. The van der Waals surface area contributed by atoms with Crippen LogP contribution in [-0.4, -0.2) is 22.8 Å². The molecule has 3 rings (SSSR count). The lowest BCUT2D eigenvalue weighted by atomic mass is 10.2. The predicted octanol–water partition coefficient (Wildman–Crippen LogP) is 5.67. The average molecular weight is 582 g/mol. The molecule has 1 N–H and O–H groups in total. The van der Waals surface area contributed by atoms with Crippen molar-refractivity contribution in [3.05, 3.63) is 96.6 Å². The zero-order valence-corrected chi connectivity index (χ0v) is 20.3. The van der Waals surface area contributed by atoms with Crippen LogP contribution < -0.4 is 10.2 Å². The van der Waals surface area contributed by atoms with E-state index in [0.29, 0.717) is 17.4 Å². The van der Waals surface area contributed by atoms with Gasteiger partial charge in [-0.3, -0.25) is 14.9 Å². The Morgan fingerprint density at radius 2 is 1.88 bits per heavy atom. The van der Waals surface area contributed by atoms with Crippen LogP contribution in [0.4, 0.5) is 5.69 Å². The molecule has 0 aromatic heterocycles. The number of rotatable bonds is 9. The van der Waals surface area contributed by atoms with Crippen molar-refractivity contribution < 1.29 is 14.5 Å². The van der Waals surface area contributed by atoms with Crippen LogP contribution in [0, 0.1) is 13.7 Å². The number of carbonyl (C=O) groups excluding carboxylic acids is 1. The van der Waals surface area contributed by atoms with E-state index in [-0.39, 0.29) is 17.3 Å². The summed E-state index contributed by atoms with van der Waals surface area (Å²) in [5.41, 5.74) is 4.19. The number of nitro benzene ring substituents is 1. The molecule has 32 heavy (non-hydrogen) atoms. The number of halogens is 2. The van der Waals surface area contributed by atoms with Crippen molar-refractivity contribution in [3.63, 3.8) is 0 Å². The maximum Gasteiger partial charge on any atom is 0.269 e.